The van der Waals surface area contributed by atoms with Crippen LogP contribution in [0.15, 0.2) is 11.3 Å². The molecule has 0 aromatic rings. The highest BCUT2D eigenvalue weighted by molar-refractivity contribution is 5.94. The largest absolute Gasteiger partial charge is 0.402 e. The van der Waals surface area contributed by atoms with E-state index in [1.165, 1.54) is 6.92 Å². The number of carbonyl (C=O) groups is 1. The molecule has 82 valence electrons. The molecule has 0 radical (unpaired) electrons. The highest BCUT2D eigenvalue weighted by Gasteiger charge is 2.37. The molecule has 0 aliphatic heterocycles. The summed E-state index contributed by atoms with van der Waals surface area (Å²) in [5, 5.41) is 27.1. The van der Waals surface area contributed by atoms with E-state index in [0.717, 1.165) is 0 Å². The SMILES string of the molecule is C/C(N)=C(\C(N)=O)C(CO)(CO)CO. The Morgan fingerprint density at radius 3 is 1.57 bits per heavy atom. The number of hydrogen-bond donors (Lipinski definition) is 5. The van der Waals surface area contributed by atoms with Crippen molar-refractivity contribution in [1.29, 1.82) is 0 Å². The van der Waals surface area contributed by atoms with Crippen molar-refractivity contribution < 1.29 is 20.1 Å². The van der Waals surface area contributed by atoms with Crippen molar-refractivity contribution in [2.75, 3.05) is 19.8 Å². The zero-order chi connectivity index (χ0) is 11.4. The Morgan fingerprint density at radius 2 is 1.50 bits per heavy atom. The summed E-state index contributed by atoms with van der Waals surface area (Å²) in [6.07, 6.45) is 0. The molecule has 0 bridgehead atoms. The summed E-state index contributed by atoms with van der Waals surface area (Å²) >= 11 is 0. The maximum Gasteiger partial charge on any atom is 0.247 e. The Morgan fingerprint density at radius 1 is 1.14 bits per heavy atom. The topological polar surface area (TPSA) is 130 Å². The lowest BCUT2D eigenvalue weighted by Crippen LogP contribution is -2.42. The normalized spacial score (nSPS) is 13.7. The van der Waals surface area contributed by atoms with Gasteiger partial charge in [0.15, 0.2) is 0 Å². The molecule has 0 atom stereocenters. The van der Waals surface area contributed by atoms with Gasteiger partial charge >= 0.3 is 0 Å². The quantitative estimate of drug-likeness (QED) is 0.321. The summed E-state index contributed by atoms with van der Waals surface area (Å²) in [4.78, 5) is 11.0. The molecule has 0 saturated heterocycles. The highest BCUT2D eigenvalue weighted by Crippen LogP contribution is 2.27. The first kappa shape index (κ1) is 12.9. The number of primary amides is 1. The Labute approximate surface area is 81.8 Å². The fourth-order valence-corrected chi connectivity index (χ4v) is 1.26. The summed E-state index contributed by atoms with van der Waals surface area (Å²) < 4.78 is 0. The molecule has 6 nitrogen and oxygen atoms in total. The number of rotatable bonds is 5. The van der Waals surface area contributed by atoms with E-state index < -0.39 is 31.1 Å². The molecule has 0 saturated carbocycles. The lowest BCUT2D eigenvalue weighted by molar-refractivity contribution is -0.117. The summed E-state index contributed by atoms with van der Waals surface area (Å²) in [7, 11) is 0. The minimum atomic E-state index is -1.47. The van der Waals surface area contributed by atoms with E-state index in [1.807, 2.05) is 0 Å². The molecule has 6 heteroatoms. The zero-order valence-electron chi connectivity index (χ0n) is 8.03. The first-order valence-corrected chi connectivity index (χ1v) is 4.04. The number of amides is 1. The molecule has 0 aromatic heterocycles. The van der Waals surface area contributed by atoms with Crippen molar-refractivity contribution >= 4 is 5.91 Å². The molecule has 1 amide bonds. The molecule has 0 fully saturated rings. The van der Waals surface area contributed by atoms with Gasteiger partial charge in [-0.1, -0.05) is 0 Å². The average Bonchev–Trinajstić information content (AvgIpc) is 2.12. The van der Waals surface area contributed by atoms with Crippen LogP contribution in [-0.4, -0.2) is 41.0 Å². The second-order valence-electron chi connectivity index (χ2n) is 3.18. The van der Waals surface area contributed by atoms with Gasteiger partial charge in [-0.05, 0) is 6.92 Å². The van der Waals surface area contributed by atoms with E-state index in [-0.39, 0.29) is 11.3 Å². The van der Waals surface area contributed by atoms with Gasteiger partial charge in [0.05, 0.1) is 25.2 Å². The van der Waals surface area contributed by atoms with E-state index in [4.69, 9.17) is 26.8 Å². The predicted octanol–water partition coefficient (Wildman–Crippen LogP) is -2.33. The minimum Gasteiger partial charge on any atom is -0.402 e. The van der Waals surface area contributed by atoms with E-state index in [9.17, 15) is 4.79 Å². The van der Waals surface area contributed by atoms with Crippen molar-refractivity contribution in [3.05, 3.63) is 11.3 Å². The first-order valence-electron chi connectivity index (χ1n) is 4.04. The zero-order valence-corrected chi connectivity index (χ0v) is 8.03. The summed E-state index contributed by atoms with van der Waals surface area (Å²) in [5.74, 6) is -0.859. The van der Waals surface area contributed by atoms with E-state index in [1.54, 1.807) is 0 Å². The van der Waals surface area contributed by atoms with Crippen LogP contribution in [0.2, 0.25) is 0 Å². The van der Waals surface area contributed by atoms with Crippen LogP contribution in [0.3, 0.4) is 0 Å². The highest BCUT2D eigenvalue weighted by atomic mass is 16.3. The van der Waals surface area contributed by atoms with Gasteiger partial charge in [-0.25, -0.2) is 0 Å². The van der Waals surface area contributed by atoms with Crippen LogP contribution in [0, 0.1) is 5.41 Å². The molecule has 0 heterocycles. The average molecular weight is 204 g/mol. The molecule has 0 rings (SSSR count). The van der Waals surface area contributed by atoms with Crippen molar-refractivity contribution in [3.63, 3.8) is 0 Å². The minimum absolute atomic E-state index is 0.0784. The Balaban J connectivity index is 5.36. The number of carbonyl (C=O) groups excluding carboxylic acids is 1. The molecule has 0 spiro atoms. The fourth-order valence-electron chi connectivity index (χ4n) is 1.26. The number of allylic oxidation sites excluding steroid dienone is 1. The second kappa shape index (κ2) is 4.94. The third-order valence-corrected chi connectivity index (χ3v) is 2.08. The van der Waals surface area contributed by atoms with Gasteiger partial charge in [0, 0.05) is 11.3 Å². The number of aliphatic hydroxyl groups is 3. The monoisotopic (exact) mass is 204 g/mol. The predicted molar refractivity (Wildman–Crippen MR) is 49.8 cm³/mol. The fraction of sp³-hybridized carbons (Fsp3) is 0.625. The van der Waals surface area contributed by atoms with Gasteiger partial charge in [0.25, 0.3) is 0 Å². The summed E-state index contributed by atoms with van der Waals surface area (Å²) in [6, 6.07) is 0. The summed E-state index contributed by atoms with van der Waals surface area (Å²) in [5.41, 5.74) is 8.91. The molecule has 7 N–H and O–H groups in total. The van der Waals surface area contributed by atoms with Crippen LogP contribution in [0.5, 0.6) is 0 Å². The van der Waals surface area contributed by atoms with Crippen LogP contribution in [0.4, 0.5) is 0 Å². The molecule has 0 unspecified atom stereocenters. The number of aliphatic hydroxyl groups excluding tert-OH is 3. The molecule has 0 aliphatic rings. The lowest BCUT2D eigenvalue weighted by atomic mass is 9.80. The van der Waals surface area contributed by atoms with E-state index in [0.29, 0.717) is 0 Å². The van der Waals surface area contributed by atoms with Crippen LogP contribution in [0.25, 0.3) is 0 Å². The number of nitrogens with two attached hydrogens (primary N) is 2. The van der Waals surface area contributed by atoms with Gasteiger partial charge in [-0.3, -0.25) is 4.79 Å². The maximum atomic E-state index is 11.0. The van der Waals surface area contributed by atoms with Crippen molar-refractivity contribution in [2.45, 2.75) is 6.92 Å². The van der Waals surface area contributed by atoms with Crippen molar-refractivity contribution in [1.82, 2.24) is 0 Å². The first-order chi connectivity index (χ1) is 6.45. The Hall–Kier alpha value is -1.11. The third kappa shape index (κ3) is 2.22. The van der Waals surface area contributed by atoms with Crippen molar-refractivity contribution in [3.8, 4) is 0 Å². The standard InChI is InChI=1S/C8H16N2O4/c1-5(9)6(7(10)14)8(2-11,3-12)4-13/h11-13H,2-4,9H2,1H3,(H2,10,14)/b6-5-. The van der Waals surface area contributed by atoms with Gasteiger partial charge < -0.3 is 26.8 Å². The van der Waals surface area contributed by atoms with Crippen LogP contribution >= 0.6 is 0 Å². The molecule has 0 aromatic carbocycles. The number of hydrogen-bond acceptors (Lipinski definition) is 5. The third-order valence-electron chi connectivity index (χ3n) is 2.08. The maximum absolute atomic E-state index is 11.0. The lowest BCUT2D eigenvalue weighted by Gasteiger charge is -2.29. The summed E-state index contributed by atoms with van der Waals surface area (Å²) in [6.45, 7) is -0.401. The molecule has 14 heavy (non-hydrogen) atoms. The van der Waals surface area contributed by atoms with Crippen LogP contribution in [0.1, 0.15) is 6.92 Å². The van der Waals surface area contributed by atoms with Gasteiger partial charge in [0.2, 0.25) is 5.91 Å². The second-order valence-corrected chi connectivity index (χ2v) is 3.18. The van der Waals surface area contributed by atoms with Crippen molar-refractivity contribution in [2.24, 2.45) is 16.9 Å². The van der Waals surface area contributed by atoms with Gasteiger partial charge in [0.1, 0.15) is 0 Å². The molecule has 0 aliphatic carbocycles. The Bertz CT molecular complexity index is 233. The van der Waals surface area contributed by atoms with Gasteiger partial charge in [-0.15, -0.1) is 0 Å². The van der Waals surface area contributed by atoms with E-state index in [2.05, 4.69) is 0 Å². The Kier molecular flexibility index (Phi) is 4.55. The molecular formula is C8H16N2O4. The van der Waals surface area contributed by atoms with Gasteiger partial charge in [-0.2, -0.15) is 0 Å². The van der Waals surface area contributed by atoms with E-state index >= 15 is 0 Å². The molecular weight excluding hydrogens is 188 g/mol. The smallest absolute Gasteiger partial charge is 0.247 e. The van der Waals surface area contributed by atoms with Crippen LogP contribution < -0.4 is 11.5 Å². The van der Waals surface area contributed by atoms with Crippen LogP contribution in [-0.2, 0) is 4.79 Å².